The first-order valence-electron chi connectivity index (χ1n) is 6.17. The molecule has 0 aromatic carbocycles. The van der Waals surface area contributed by atoms with Crippen LogP contribution < -0.4 is 5.32 Å². The summed E-state index contributed by atoms with van der Waals surface area (Å²) in [6.45, 7) is 2.17. The van der Waals surface area contributed by atoms with E-state index in [0.717, 1.165) is 11.7 Å². The van der Waals surface area contributed by atoms with Crippen LogP contribution in [0.2, 0.25) is 0 Å². The Bertz CT molecular complexity index is 445. The van der Waals surface area contributed by atoms with E-state index >= 15 is 0 Å². The van der Waals surface area contributed by atoms with Crippen molar-refractivity contribution in [2.45, 2.75) is 31.8 Å². The number of hydrogen-bond acceptors (Lipinski definition) is 3. The van der Waals surface area contributed by atoms with Gasteiger partial charge in [-0.05, 0) is 49.3 Å². The van der Waals surface area contributed by atoms with E-state index in [1.165, 1.54) is 17.7 Å². The summed E-state index contributed by atoms with van der Waals surface area (Å²) in [6, 6.07) is 9.12. The van der Waals surface area contributed by atoms with Crippen molar-refractivity contribution in [1.82, 2.24) is 5.32 Å². The van der Waals surface area contributed by atoms with Gasteiger partial charge in [0.15, 0.2) is 0 Å². The highest BCUT2D eigenvalue weighted by atomic mass is 32.1. The summed E-state index contributed by atoms with van der Waals surface area (Å²) in [5.74, 6) is 1.83. The average Bonchev–Trinajstić information content (AvgIpc) is 2.87. The normalized spacial score (nSPS) is 19.1. The minimum atomic E-state index is 0.276. The molecule has 0 spiro atoms. The second-order valence-electron chi connectivity index (χ2n) is 4.73. The minimum Gasteiger partial charge on any atom is -0.468 e. The molecule has 3 heteroatoms. The van der Waals surface area contributed by atoms with E-state index in [1.54, 1.807) is 6.26 Å². The zero-order chi connectivity index (χ0) is 11.7. The van der Waals surface area contributed by atoms with Crippen LogP contribution in [-0.4, -0.2) is 0 Å². The molecule has 0 aliphatic heterocycles. The molecule has 1 aliphatic rings. The Balaban J connectivity index is 1.73. The molecule has 2 aromatic rings. The molecule has 1 saturated carbocycles. The van der Waals surface area contributed by atoms with Gasteiger partial charge in [-0.15, -0.1) is 11.3 Å². The number of nitrogens with one attached hydrogen (secondary N) is 1. The van der Waals surface area contributed by atoms with Gasteiger partial charge in [0.2, 0.25) is 0 Å². The number of rotatable bonds is 5. The third-order valence-corrected chi connectivity index (χ3v) is 4.30. The quantitative estimate of drug-likeness (QED) is 0.859. The number of furan rings is 1. The van der Waals surface area contributed by atoms with Crippen LogP contribution in [0.3, 0.4) is 0 Å². The summed E-state index contributed by atoms with van der Waals surface area (Å²) < 4.78 is 5.45. The van der Waals surface area contributed by atoms with Crippen LogP contribution in [0, 0.1) is 5.92 Å². The molecule has 0 bridgehead atoms. The van der Waals surface area contributed by atoms with E-state index < -0.39 is 0 Å². The van der Waals surface area contributed by atoms with E-state index in [9.17, 15) is 0 Å². The molecule has 17 heavy (non-hydrogen) atoms. The number of thiophene rings is 1. The van der Waals surface area contributed by atoms with Gasteiger partial charge in [0, 0.05) is 10.9 Å². The zero-order valence-corrected chi connectivity index (χ0v) is 10.7. The van der Waals surface area contributed by atoms with Gasteiger partial charge in [-0.25, -0.2) is 0 Å². The molecule has 1 unspecified atom stereocenters. The molecule has 0 saturated heterocycles. The lowest BCUT2D eigenvalue weighted by Crippen LogP contribution is -2.25. The molecule has 3 rings (SSSR count). The first-order chi connectivity index (χ1) is 8.34. The van der Waals surface area contributed by atoms with Crippen molar-refractivity contribution in [1.29, 1.82) is 0 Å². The summed E-state index contributed by atoms with van der Waals surface area (Å²) in [4.78, 5) is 1.45. The molecule has 1 fully saturated rings. The highest BCUT2D eigenvalue weighted by Gasteiger charge is 2.33. The topological polar surface area (TPSA) is 25.2 Å². The standard InChI is InChI=1S/C14H17NOS/c1-10(12-4-2-8-16-12)15-14(11-6-7-11)13-5-3-9-17-13/h2-5,8-11,14-15H,6-7H2,1H3/t10-,14?/m0/s1. The maximum Gasteiger partial charge on any atom is 0.120 e. The van der Waals surface area contributed by atoms with Crippen LogP contribution in [-0.2, 0) is 0 Å². The monoisotopic (exact) mass is 247 g/mol. The molecule has 1 aliphatic carbocycles. The molecule has 2 nitrogen and oxygen atoms in total. The lowest BCUT2D eigenvalue weighted by atomic mass is 10.1. The maximum absolute atomic E-state index is 5.45. The first-order valence-corrected chi connectivity index (χ1v) is 7.05. The van der Waals surface area contributed by atoms with Gasteiger partial charge in [0.25, 0.3) is 0 Å². The van der Waals surface area contributed by atoms with Gasteiger partial charge in [0.05, 0.1) is 12.3 Å². The Morgan fingerprint density at radius 1 is 1.35 bits per heavy atom. The molecule has 0 amide bonds. The van der Waals surface area contributed by atoms with Gasteiger partial charge in [-0.2, -0.15) is 0 Å². The molecular formula is C14H17NOS. The Hall–Kier alpha value is -1.06. The zero-order valence-electron chi connectivity index (χ0n) is 9.93. The van der Waals surface area contributed by atoms with E-state index in [0.29, 0.717) is 6.04 Å². The van der Waals surface area contributed by atoms with E-state index in [-0.39, 0.29) is 6.04 Å². The van der Waals surface area contributed by atoms with Crippen LogP contribution in [0.25, 0.3) is 0 Å². The molecule has 0 radical (unpaired) electrons. The van der Waals surface area contributed by atoms with Gasteiger partial charge >= 0.3 is 0 Å². The Kier molecular flexibility index (Phi) is 3.04. The summed E-state index contributed by atoms with van der Waals surface area (Å²) in [5.41, 5.74) is 0. The van der Waals surface area contributed by atoms with Gasteiger partial charge in [0.1, 0.15) is 5.76 Å². The van der Waals surface area contributed by atoms with E-state index in [2.05, 4.69) is 29.8 Å². The first kappa shape index (κ1) is 11.1. The molecule has 2 heterocycles. The summed E-state index contributed by atoms with van der Waals surface area (Å²) in [6.07, 6.45) is 4.44. The Morgan fingerprint density at radius 3 is 2.82 bits per heavy atom. The van der Waals surface area contributed by atoms with Crippen molar-refractivity contribution in [3.05, 3.63) is 46.5 Å². The molecule has 1 N–H and O–H groups in total. The molecule has 90 valence electrons. The van der Waals surface area contributed by atoms with Crippen LogP contribution in [0.1, 0.15) is 42.5 Å². The lowest BCUT2D eigenvalue weighted by molar-refractivity contribution is 0.375. The minimum absolute atomic E-state index is 0.276. The van der Waals surface area contributed by atoms with Crippen molar-refractivity contribution in [2.75, 3.05) is 0 Å². The molecular weight excluding hydrogens is 230 g/mol. The summed E-state index contributed by atoms with van der Waals surface area (Å²) in [7, 11) is 0. The van der Waals surface area contributed by atoms with Gasteiger partial charge in [-0.3, -0.25) is 5.32 Å². The van der Waals surface area contributed by atoms with Crippen molar-refractivity contribution >= 4 is 11.3 Å². The highest BCUT2D eigenvalue weighted by molar-refractivity contribution is 7.10. The van der Waals surface area contributed by atoms with Crippen LogP contribution in [0.4, 0.5) is 0 Å². The van der Waals surface area contributed by atoms with E-state index in [1.807, 2.05) is 23.5 Å². The largest absolute Gasteiger partial charge is 0.468 e. The molecule has 2 aromatic heterocycles. The smallest absolute Gasteiger partial charge is 0.120 e. The second-order valence-corrected chi connectivity index (χ2v) is 5.71. The Morgan fingerprint density at radius 2 is 2.24 bits per heavy atom. The SMILES string of the molecule is C[C@H](NC(c1cccs1)C1CC1)c1ccco1. The predicted molar refractivity (Wildman–Crippen MR) is 70.0 cm³/mol. The molecule has 2 atom stereocenters. The van der Waals surface area contributed by atoms with Gasteiger partial charge in [-0.1, -0.05) is 6.07 Å². The number of hydrogen-bond donors (Lipinski definition) is 1. The van der Waals surface area contributed by atoms with Gasteiger partial charge < -0.3 is 4.42 Å². The predicted octanol–water partition coefficient (Wildman–Crippen LogP) is 4.14. The van der Waals surface area contributed by atoms with Crippen LogP contribution in [0.5, 0.6) is 0 Å². The maximum atomic E-state index is 5.45. The lowest BCUT2D eigenvalue weighted by Gasteiger charge is -2.21. The second kappa shape index (κ2) is 4.67. The fourth-order valence-corrected chi connectivity index (χ4v) is 3.12. The van der Waals surface area contributed by atoms with Crippen LogP contribution in [0.15, 0.2) is 40.3 Å². The highest BCUT2D eigenvalue weighted by Crippen LogP contribution is 2.43. The third kappa shape index (κ3) is 2.45. The van der Waals surface area contributed by atoms with Crippen molar-refractivity contribution in [3.8, 4) is 0 Å². The fourth-order valence-electron chi connectivity index (χ4n) is 2.24. The van der Waals surface area contributed by atoms with E-state index in [4.69, 9.17) is 4.42 Å². The fraction of sp³-hybridized carbons (Fsp3) is 0.429. The Labute approximate surface area is 106 Å². The van der Waals surface area contributed by atoms with Crippen molar-refractivity contribution < 1.29 is 4.42 Å². The third-order valence-electron chi connectivity index (χ3n) is 3.34. The van der Waals surface area contributed by atoms with Crippen molar-refractivity contribution in [2.24, 2.45) is 5.92 Å². The van der Waals surface area contributed by atoms with Crippen molar-refractivity contribution in [3.63, 3.8) is 0 Å². The van der Waals surface area contributed by atoms with Crippen LogP contribution >= 0.6 is 11.3 Å². The summed E-state index contributed by atoms with van der Waals surface area (Å²) >= 11 is 1.85. The average molecular weight is 247 g/mol. The summed E-state index contributed by atoms with van der Waals surface area (Å²) in [5, 5.41) is 5.86.